The van der Waals surface area contributed by atoms with Crippen molar-refractivity contribution in [2.24, 2.45) is 0 Å². The van der Waals surface area contributed by atoms with Crippen molar-refractivity contribution in [1.29, 1.82) is 0 Å². The molecule has 6 heteroatoms. The SMILES string of the molecule is CN(CC(=O)N[C@@H]1C[C@H]1c1ccccc1Cl)c1cnccn1. The fraction of sp³-hybridized carbons (Fsp3) is 0.312. The molecule has 2 atom stereocenters. The number of carbonyl (C=O) groups is 1. The van der Waals surface area contributed by atoms with E-state index in [1.807, 2.05) is 31.3 Å². The molecule has 0 radical (unpaired) electrons. The van der Waals surface area contributed by atoms with Crippen LogP contribution >= 0.6 is 11.6 Å². The van der Waals surface area contributed by atoms with E-state index in [9.17, 15) is 4.79 Å². The number of halogens is 1. The van der Waals surface area contributed by atoms with Crippen molar-refractivity contribution < 1.29 is 4.79 Å². The summed E-state index contributed by atoms with van der Waals surface area (Å²) < 4.78 is 0. The molecule has 1 N–H and O–H groups in total. The monoisotopic (exact) mass is 316 g/mol. The van der Waals surface area contributed by atoms with Crippen LogP contribution in [0.2, 0.25) is 5.02 Å². The predicted octanol–water partition coefficient (Wildman–Crippen LogP) is 2.24. The molecule has 0 saturated heterocycles. The normalized spacial score (nSPS) is 19.5. The van der Waals surface area contributed by atoms with Crippen LogP contribution in [0.25, 0.3) is 0 Å². The number of amides is 1. The number of carbonyl (C=O) groups excluding carboxylic acids is 1. The summed E-state index contributed by atoms with van der Waals surface area (Å²) in [6, 6.07) is 7.96. The first-order valence-electron chi connectivity index (χ1n) is 7.16. The standard InChI is InChI=1S/C16H17ClN4O/c1-21(15-9-18-6-7-19-15)10-16(22)20-14-8-12(14)11-4-2-3-5-13(11)17/h2-7,9,12,14H,8,10H2,1H3,(H,20,22)/t12-,14+/m0/s1. The van der Waals surface area contributed by atoms with Gasteiger partial charge in [0.15, 0.2) is 0 Å². The summed E-state index contributed by atoms with van der Waals surface area (Å²) in [6.45, 7) is 0.254. The van der Waals surface area contributed by atoms with Crippen molar-refractivity contribution in [3.63, 3.8) is 0 Å². The number of hydrogen-bond donors (Lipinski definition) is 1. The Bertz CT molecular complexity index is 664. The molecule has 0 aliphatic heterocycles. The number of rotatable bonds is 5. The summed E-state index contributed by atoms with van der Waals surface area (Å²) in [5.41, 5.74) is 1.11. The maximum absolute atomic E-state index is 12.1. The average Bonchev–Trinajstić information content (AvgIpc) is 3.27. The van der Waals surface area contributed by atoms with E-state index in [1.165, 1.54) is 0 Å². The zero-order valence-corrected chi connectivity index (χ0v) is 13.0. The smallest absolute Gasteiger partial charge is 0.239 e. The summed E-state index contributed by atoms with van der Waals surface area (Å²) in [5.74, 6) is 0.975. The molecule has 114 valence electrons. The van der Waals surface area contributed by atoms with Crippen LogP contribution in [0.15, 0.2) is 42.9 Å². The molecule has 1 amide bonds. The maximum atomic E-state index is 12.1. The van der Waals surface area contributed by atoms with Gasteiger partial charge in [-0.25, -0.2) is 4.98 Å². The number of anilines is 1. The van der Waals surface area contributed by atoms with Crippen LogP contribution in [0.1, 0.15) is 17.9 Å². The van der Waals surface area contributed by atoms with Gasteiger partial charge in [-0.2, -0.15) is 0 Å². The van der Waals surface area contributed by atoms with Crippen LogP contribution in [0.5, 0.6) is 0 Å². The summed E-state index contributed by atoms with van der Waals surface area (Å²) in [6.07, 6.45) is 5.79. The molecule has 1 fully saturated rings. The minimum absolute atomic E-state index is 0.0206. The van der Waals surface area contributed by atoms with Crippen LogP contribution in [0, 0.1) is 0 Å². The zero-order chi connectivity index (χ0) is 15.5. The fourth-order valence-corrected chi connectivity index (χ4v) is 2.79. The van der Waals surface area contributed by atoms with Gasteiger partial charge in [0, 0.05) is 36.4 Å². The highest BCUT2D eigenvalue weighted by Crippen LogP contribution is 2.43. The molecule has 2 aromatic rings. The Kier molecular flexibility index (Phi) is 4.24. The van der Waals surface area contributed by atoms with E-state index in [-0.39, 0.29) is 18.5 Å². The van der Waals surface area contributed by atoms with E-state index in [4.69, 9.17) is 11.6 Å². The van der Waals surface area contributed by atoms with Gasteiger partial charge < -0.3 is 10.2 Å². The van der Waals surface area contributed by atoms with Crippen molar-refractivity contribution in [3.8, 4) is 0 Å². The third-order valence-corrected chi connectivity index (χ3v) is 4.11. The Labute approximate surface area is 134 Å². The molecule has 1 aromatic heterocycles. The minimum atomic E-state index is -0.0206. The van der Waals surface area contributed by atoms with Crippen LogP contribution in [0.4, 0.5) is 5.82 Å². The lowest BCUT2D eigenvalue weighted by Crippen LogP contribution is -2.37. The van der Waals surface area contributed by atoms with Crippen molar-refractivity contribution >= 4 is 23.3 Å². The van der Waals surface area contributed by atoms with E-state index in [0.717, 1.165) is 17.0 Å². The summed E-state index contributed by atoms with van der Waals surface area (Å²) in [4.78, 5) is 22.0. The summed E-state index contributed by atoms with van der Waals surface area (Å²) >= 11 is 6.19. The van der Waals surface area contributed by atoms with E-state index in [2.05, 4.69) is 15.3 Å². The van der Waals surface area contributed by atoms with Gasteiger partial charge in [0.25, 0.3) is 0 Å². The van der Waals surface area contributed by atoms with Crippen LogP contribution in [-0.2, 0) is 4.79 Å². The second-order valence-electron chi connectivity index (χ2n) is 5.46. The molecule has 1 saturated carbocycles. The first-order chi connectivity index (χ1) is 10.6. The molecule has 22 heavy (non-hydrogen) atoms. The van der Waals surface area contributed by atoms with Crippen molar-refractivity contribution in [1.82, 2.24) is 15.3 Å². The molecular formula is C16H17ClN4O. The third-order valence-electron chi connectivity index (χ3n) is 3.76. The molecule has 0 spiro atoms. The number of likely N-dealkylation sites (N-methyl/N-ethyl adjacent to an activating group) is 1. The highest BCUT2D eigenvalue weighted by Gasteiger charge is 2.40. The zero-order valence-electron chi connectivity index (χ0n) is 12.2. The van der Waals surface area contributed by atoms with Gasteiger partial charge in [0.1, 0.15) is 5.82 Å². The Morgan fingerprint density at radius 2 is 2.23 bits per heavy atom. The maximum Gasteiger partial charge on any atom is 0.239 e. The summed E-state index contributed by atoms with van der Waals surface area (Å²) in [7, 11) is 1.82. The van der Waals surface area contributed by atoms with Crippen molar-refractivity contribution in [2.75, 3.05) is 18.5 Å². The number of nitrogens with zero attached hydrogens (tertiary/aromatic N) is 3. The number of nitrogens with one attached hydrogen (secondary N) is 1. The lowest BCUT2D eigenvalue weighted by molar-refractivity contribution is -0.119. The van der Waals surface area contributed by atoms with Gasteiger partial charge in [0.2, 0.25) is 5.91 Å². The van der Waals surface area contributed by atoms with Gasteiger partial charge >= 0.3 is 0 Å². The first kappa shape index (κ1) is 14.8. The predicted molar refractivity (Wildman–Crippen MR) is 86.0 cm³/mol. The van der Waals surface area contributed by atoms with Crippen LogP contribution in [0.3, 0.4) is 0 Å². The average molecular weight is 317 g/mol. The second-order valence-corrected chi connectivity index (χ2v) is 5.86. The molecule has 1 aliphatic carbocycles. The highest BCUT2D eigenvalue weighted by atomic mass is 35.5. The van der Waals surface area contributed by atoms with Gasteiger partial charge in [-0.1, -0.05) is 29.8 Å². The molecule has 5 nitrogen and oxygen atoms in total. The minimum Gasteiger partial charge on any atom is -0.351 e. The van der Waals surface area contributed by atoms with Gasteiger partial charge in [-0.3, -0.25) is 9.78 Å². The van der Waals surface area contributed by atoms with E-state index >= 15 is 0 Å². The van der Waals surface area contributed by atoms with Crippen molar-refractivity contribution in [3.05, 3.63) is 53.4 Å². The largest absolute Gasteiger partial charge is 0.351 e. The Hall–Kier alpha value is -2.14. The molecule has 0 unspecified atom stereocenters. The number of hydrogen-bond acceptors (Lipinski definition) is 4. The molecule has 1 heterocycles. The van der Waals surface area contributed by atoms with E-state index in [0.29, 0.717) is 11.7 Å². The summed E-state index contributed by atoms with van der Waals surface area (Å²) in [5, 5.41) is 3.81. The lowest BCUT2D eigenvalue weighted by Gasteiger charge is -2.17. The van der Waals surface area contributed by atoms with Gasteiger partial charge in [0.05, 0.1) is 12.7 Å². The van der Waals surface area contributed by atoms with Crippen LogP contribution < -0.4 is 10.2 Å². The Morgan fingerprint density at radius 1 is 1.41 bits per heavy atom. The van der Waals surface area contributed by atoms with E-state index < -0.39 is 0 Å². The Morgan fingerprint density at radius 3 is 2.95 bits per heavy atom. The molecular weight excluding hydrogens is 300 g/mol. The third kappa shape index (κ3) is 3.36. The van der Waals surface area contributed by atoms with Gasteiger partial charge in [-0.05, 0) is 18.1 Å². The molecule has 1 aliphatic rings. The number of aromatic nitrogens is 2. The lowest BCUT2D eigenvalue weighted by atomic mass is 10.1. The van der Waals surface area contributed by atoms with Crippen LogP contribution in [-0.4, -0.2) is 35.5 Å². The fourth-order valence-electron chi connectivity index (χ4n) is 2.51. The highest BCUT2D eigenvalue weighted by molar-refractivity contribution is 6.31. The molecule has 0 bridgehead atoms. The Balaban J connectivity index is 1.53. The first-order valence-corrected chi connectivity index (χ1v) is 7.54. The van der Waals surface area contributed by atoms with E-state index in [1.54, 1.807) is 23.5 Å². The van der Waals surface area contributed by atoms with Crippen molar-refractivity contribution in [2.45, 2.75) is 18.4 Å². The number of benzene rings is 1. The second kappa shape index (κ2) is 6.32. The van der Waals surface area contributed by atoms with Gasteiger partial charge in [-0.15, -0.1) is 0 Å². The molecule has 3 rings (SSSR count). The topological polar surface area (TPSA) is 58.1 Å². The quantitative estimate of drug-likeness (QED) is 0.919. The molecule has 1 aromatic carbocycles.